The summed E-state index contributed by atoms with van der Waals surface area (Å²) in [4.78, 5) is 49.3. The lowest BCUT2D eigenvalue weighted by Gasteiger charge is -2.35. The van der Waals surface area contributed by atoms with Crippen molar-refractivity contribution >= 4 is 56.8 Å². The number of thiophene rings is 1. The second-order valence-corrected chi connectivity index (χ2v) is 8.14. The number of aliphatic carboxylic acids is 1. The van der Waals surface area contributed by atoms with Gasteiger partial charge in [0.15, 0.2) is 0 Å². The summed E-state index contributed by atoms with van der Waals surface area (Å²) in [5.74, 6) is -2.60. The van der Waals surface area contributed by atoms with Crippen LogP contribution in [0.5, 0.6) is 0 Å². The summed E-state index contributed by atoms with van der Waals surface area (Å²) in [6, 6.07) is 2.61. The van der Waals surface area contributed by atoms with E-state index < -0.39 is 42.3 Å². The Morgan fingerprint density at radius 1 is 1.28 bits per heavy atom. The average molecular weight is 441 g/mol. The summed E-state index contributed by atoms with van der Waals surface area (Å²) in [5, 5.41) is 12.0. The van der Waals surface area contributed by atoms with E-state index >= 15 is 0 Å². The van der Waals surface area contributed by atoms with Crippen molar-refractivity contribution in [3.63, 3.8) is 0 Å². The SMILES string of the molecule is O=C(O)CC(NC(=O)[C@@H]1CCCCN1C(=O)c1sc2ccccc2c1Cl)C(=O)F. The Labute approximate surface area is 174 Å². The number of carboxylic acids is 1. The number of hydrogen-bond donors (Lipinski definition) is 2. The number of nitrogens with zero attached hydrogens (tertiary/aromatic N) is 1. The maximum Gasteiger partial charge on any atom is 0.324 e. The molecule has 0 bridgehead atoms. The fraction of sp³-hybridized carbons (Fsp3) is 0.368. The van der Waals surface area contributed by atoms with E-state index in [0.717, 1.165) is 10.1 Å². The topological polar surface area (TPSA) is 104 Å². The van der Waals surface area contributed by atoms with Crippen molar-refractivity contribution < 1.29 is 28.7 Å². The van der Waals surface area contributed by atoms with Gasteiger partial charge >= 0.3 is 12.0 Å². The van der Waals surface area contributed by atoms with Crippen molar-refractivity contribution in [3.8, 4) is 0 Å². The van der Waals surface area contributed by atoms with Crippen molar-refractivity contribution in [1.29, 1.82) is 0 Å². The number of hydrogen-bond acceptors (Lipinski definition) is 5. The molecule has 2 N–H and O–H groups in total. The van der Waals surface area contributed by atoms with Gasteiger partial charge in [0.25, 0.3) is 5.91 Å². The van der Waals surface area contributed by atoms with Crippen LogP contribution < -0.4 is 5.32 Å². The van der Waals surface area contributed by atoms with Crippen molar-refractivity contribution in [1.82, 2.24) is 10.2 Å². The van der Waals surface area contributed by atoms with Gasteiger partial charge in [-0.15, -0.1) is 11.3 Å². The zero-order chi connectivity index (χ0) is 21.1. The van der Waals surface area contributed by atoms with Crippen LogP contribution in [0, 0.1) is 0 Å². The van der Waals surface area contributed by atoms with Gasteiger partial charge in [0.2, 0.25) is 5.91 Å². The Morgan fingerprint density at radius 3 is 2.66 bits per heavy atom. The van der Waals surface area contributed by atoms with Gasteiger partial charge in [-0.3, -0.25) is 19.2 Å². The number of likely N-dealkylation sites (tertiary alicyclic amines) is 1. The molecule has 7 nitrogen and oxygen atoms in total. The van der Waals surface area contributed by atoms with Crippen LogP contribution in [-0.4, -0.2) is 52.5 Å². The summed E-state index contributed by atoms with van der Waals surface area (Å²) in [6.45, 7) is 0.300. The molecule has 154 valence electrons. The van der Waals surface area contributed by atoms with Crippen LogP contribution in [-0.2, 0) is 14.4 Å². The maximum absolute atomic E-state index is 13.1. The molecule has 29 heavy (non-hydrogen) atoms. The first-order chi connectivity index (χ1) is 13.8. The Hall–Kier alpha value is -2.52. The van der Waals surface area contributed by atoms with Crippen molar-refractivity contribution in [2.75, 3.05) is 6.54 Å². The minimum absolute atomic E-state index is 0.300. The molecule has 2 aromatic rings. The van der Waals surface area contributed by atoms with E-state index in [1.165, 1.54) is 16.2 Å². The molecular weight excluding hydrogens is 423 g/mol. The predicted molar refractivity (Wildman–Crippen MR) is 106 cm³/mol. The highest BCUT2D eigenvalue weighted by Gasteiger charge is 2.36. The molecule has 0 spiro atoms. The van der Waals surface area contributed by atoms with E-state index in [2.05, 4.69) is 5.32 Å². The highest BCUT2D eigenvalue weighted by molar-refractivity contribution is 7.21. The van der Waals surface area contributed by atoms with Gasteiger partial charge in [-0.05, 0) is 25.3 Å². The number of benzene rings is 1. The number of carbonyl (C=O) groups is 4. The first-order valence-electron chi connectivity index (χ1n) is 8.99. The van der Waals surface area contributed by atoms with E-state index in [1.807, 2.05) is 18.2 Å². The van der Waals surface area contributed by atoms with Crippen LogP contribution >= 0.6 is 22.9 Å². The number of fused-ring (bicyclic) bond motifs is 1. The normalized spacial score (nSPS) is 17.7. The van der Waals surface area contributed by atoms with E-state index in [-0.39, 0.29) is 0 Å². The molecule has 1 unspecified atom stereocenters. The van der Waals surface area contributed by atoms with Crippen LogP contribution in [0.15, 0.2) is 24.3 Å². The summed E-state index contributed by atoms with van der Waals surface area (Å²) < 4.78 is 14.0. The zero-order valence-electron chi connectivity index (χ0n) is 15.2. The molecule has 1 saturated heterocycles. The quantitative estimate of drug-likeness (QED) is 0.672. The van der Waals surface area contributed by atoms with E-state index in [1.54, 1.807) is 6.07 Å². The molecule has 1 aliphatic heterocycles. The summed E-state index contributed by atoms with van der Waals surface area (Å²) in [5.41, 5.74) is 0. The second-order valence-electron chi connectivity index (χ2n) is 6.71. The molecule has 3 rings (SSSR count). The van der Waals surface area contributed by atoms with Gasteiger partial charge in [0, 0.05) is 16.6 Å². The van der Waals surface area contributed by atoms with Crippen molar-refractivity contribution in [3.05, 3.63) is 34.2 Å². The van der Waals surface area contributed by atoms with E-state index in [9.17, 15) is 23.6 Å². The number of halogens is 2. The van der Waals surface area contributed by atoms with Crippen LogP contribution in [0.2, 0.25) is 5.02 Å². The van der Waals surface area contributed by atoms with Gasteiger partial charge in [0.1, 0.15) is 17.0 Å². The van der Waals surface area contributed by atoms with Crippen LogP contribution in [0.4, 0.5) is 4.39 Å². The average Bonchev–Trinajstić information content (AvgIpc) is 3.03. The number of carbonyl (C=O) groups excluding carboxylic acids is 3. The largest absolute Gasteiger partial charge is 0.481 e. The minimum atomic E-state index is -1.94. The Balaban J connectivity index is 1.83. The highest BCUT2D eigenvalue weighted by atomic mass is 35.5. The summed E-state index contributed by atoms with van der Waals surface area (Å²) >= 11 is 7.60. The lowest BCUT2D eigenvalue weighted by Crippen LogP contribution is -2.54. The molecule has 2 amide bonds. The lowest BCUT2D eigenvalue weighted by atomic mass is 10.0. The Morgan fingerprint density at radius 2 is 2.00 bits per heavy atom. The third-order valence-electron chi connectivity index (χ3n) is 4.76. The fourth-order valence-corrected chi connectivity index (χ4v) is 4.83. The summed E-state index contributed by atoms with van der Waals surface area (Å²) in [7, 11) is 0. The minimum Gasteiger partial charge on any atom is -0.481 e. The molecule has 2 heterocycles. The lowest BCUT2D eigenvalue weighted by molar-refractivity contribution is -0.143. The Bertz CT molecular complexity index is 979. The molecule has 1 fully saturated rings. The van der Waals surface area contributed by atoms with Crippen LogP contribution in [0.1, 0.15) is 35.4 Å². The van der Waals surface area contributed by atoms with Crippen LogP contribution in [0.3, 0.4) is 0 Å². The smallest absolute Gasteiger partial charge is 0.324 e. The molecule has 0 saturated carbocycles. The number of carboxylic acid groups (broad SMARTS) is 1. The number of nitrogens with one attached hydrogen (secondary N) is 1. The molecule has 0 aliphatic carbocycles. The Kier molecular flexibility index (Phi) is 6.49. The molecule has 10 heteroatoms. The third kappa shape index (κ3) is 4.56. The molecule has 1 aromatic heterocycles. The van der Waals surface area contributed by atoms with Gasteiger partial charge in [-0.1, -0.05) is 29.8 Å². The first-order valence-corrected chi connectivity index (χ1v) is 10.2. The second kappa shape index (κ2) is 8.87. The molecule has 1 aliphatic rings. The third-order valence-corrected chi connectivity index (χ3v) is 6.43. The fourth-order valence-electron chi connectivity index (χ4n) is 3.36. The van der Waals surface area contributed by atoms with Gasteiger partial charge in [-0.2, -0.15) is 4.39 Å². The van der Waals surface area contributed by atoms with E-state index in [4.69, 9.17) is 16.7 Å². The first kappa shape index (κ1) is 21.2. The monoisotopic (exact) mass is 440 g/mol. The summed E-state index contributed by atoms with van der Waals surface area (Å²) in [6.07, 6.45) is 0.790. The molecule has 2 atom stereocenters. The number of amides is 2. The number of piperidine rings is 1. The van der Waals surface area contributed by atoms with Crippen LogP contribution in [0.25, 0.3) is 10.1 Å². The van der Waals surface area contributed by atoms with E-state index in [0.29, 0.717) is 35.7 Å². The zero-order valence-corrected chi connectivity index (χ0v) is 16.8. The molecule has 1 aromatic carbocycles. The standard InChI is InChI=1S/C19H18ClFN2O5S/c20-15-10-5-1-2-7-13(10)29-16(15)19(28)23-8-4-3-6-12(23)18(27)22-11(17(21)26)9-14(24)25/h1-2,5,7,11-12H,3-4,6,8-9H2,(H,22,27)(H,24,25)/t11?,12-/m0/s1. The van der Waals surface area contributed by atoms with Crippen molar-refractivity contribution in [2.24, 2.45) is 0 Å². The predicted octanol–water partition coefficient (Wildman–Crippen LogP) is 3.01. The van der Waals surface area contributed by atoms with Crippen molar-refractivity contribution in [2.45, 2.75) is 37.8 Å². The molecular formula is C19H18ClFN2O5S. The maximum atomic E-state index is 13.1. The van der Waals surface area contributed by atoms with Gasteiger partial charge in [0.05, 0.1) is 11.4 Å². The highest BCUT2D eigenvalue weighted by Crippen LogP contribution is 2.36. The number of rotatable bonds is 6. The van der Waals surface area contributed by atoms with Gasteiger partial charge in [-0.25, -0.2) is 0 Å². The molecule has 0 radical (unpaired) electrons. The van der Waals surface area contributed by atoms with Gasteiger partial charge < -0.3 is 15.3 Å².